The first-order chi connectivity index (χ1) is 9.61. The Morgan fingerprint density at radius 3 is 2.80 bits per heavy atom. The smallest absolute Gasteiger partial charge is 0.258 e. The Morgan fingerprint density at radius 1 is 1.35 bits per heavy atom. The summed E-state index contributed by atoms with van der Waals surface area (Å²) in [5.74, 6) is 0.718. The summed E-state index contributed by atoms with van der Waals surface area (Å²) in [6.45, 7) is 3.90. The molecule has 0 unspecified atom stereocenters. The van der Waals surface area contributed by atoms with Gasteiger partial charge in [0.25, 0.3) is 5.56 Å². The second kappa shape index (κ2) is 6.63. The van der Waals surface area contributed by atoms with Gasteiger partial charge < -0.3 is 15.2 Å². The summed E-state index contributed by atoms with van der Waals surface area (Å²) in [6.07, 6.45) is 0.884. The van der Waals surface area contributed by atoms with Gasteiger partial charge in [-0.05, 0) is 32.6 Å². The van der Waals surface area contributed by atoms with E-state index in [2.05, 4.69) is 27.1 Å². The van der Waals surface area contributed by atoms with Gasteiger partial charge in [0.05, 0.1) is 16.9 Å². The van der Waals surface area contributed by atoms with Gasteiger partial charge in [0.1, 0.15) is 5.82 Å². The Balaban J connectivity index is 2.23. The Morgan fingerprint density at radius 2 is 2.10 bits per heavy atom. The molecule has 1 aromatic heterocycles. The van der Waals surface area contributed by atoms with Gasteiger partial charge in [-0.3, -0.25) is 4.79 Å². The van der Waals surface area contributed by atoms with Crippen molar-refractivity contribution in [1.29, 1.82) is 0 Å². The number of rotatable bonds is 6. The predicted octanol–water partition coefficient (Wildman–Crippen LogP) is 1.53. The van der Waals surface area contributed by atoms with Crippen LogP contribution in [0.2, 0.25) is 0 Å². The van der Waals surface area contributed by atoms with E-state index in [1.807, 2.05) is 32.3 Å². The highest BCUT2D eigenvalue weighted by Crippen LogP contribution is 2.13. The summed E-state index contributed by atoms with van der Waals surface area (Å²) in [5, 5.41) is 4.07. The van der Waals surface area contributed by atoms with E-state index in [-0.39, 0.29) is 11.6 Å². The van der Waals surface area contributed by atoms with Crippen molar-refractivity contribution in [3.63, 3.8) is 0 Å². The normalized spacial score (nSPS) is 13.0. The topological polar surface area (TPSA) is 61.0 Å². The second-order valence-corrected chi connectivity index (χ2v) is 5.19. The van der Waals surface area contributed by atoms with Crippen molar-refractivity contribution >= 4 is 10.9 Å². The SMILES string of the molecule is CC[C@@H](NCCN(C)C)c1nc2ccccc2c(=O)[nH]1. The number of hydrogen-bond donors (Lipinski definition) is 2. The number of H-pyrrole nitrogens is 1. The first-order valence-corrected chi connectivity index (χ1v) is 6.99. The maximum Gasteiger partial charge on any atom is 0.258 e. The number of fused-ring (bicyclic) bond motifs is 1. The van der Waals surface area contributed by atoms with E-state index in [4.69, 9.17) is 0 Å². The van der Waals surface area contributed by atoms with Crippen LogP contribution < -0.4 is 10.9 Å². The number of aromatic nitrogens is 2. The molecule has 2 N–H and O–H groups in total. The number of likely N-dealkylation sites (N-methyl/N-ethyl adjacent to an activating group) is 1. The van der Waals surface area contributed by atoms with Crippen molar-refractivity contribution in [2.45, 2.75) is 19.4 Å². The van der Waals surface area contributed by atoms with Crippen LogP contribution >= 0.6 is 0 Å². The first-order valence-electron chi connectivity index (χ1n) is 6.99. The standard InChI is InChI=1S/C15H22N4O/c1-4-12(16-9-10-19(2)3)14-17-13-8-6-5-7-11(13)15(20)18-14/h5-8,12,16H,4,9-10H2,1-3H3,(H,17,18,20)/t12-/m1/s1. The molecule has 2 rings (SSSR count). The highest BCUT2D eigenvalue weighted by molar-refractivity contribution is 5.77. The molecule has 0 aliphatic carbocycles. The molecule has 0 saturated carbocycles. The van der Waals surface area contributed by atoms with Crippen molar-refractivity contribution in [2.75, 3.05) is 27.2 Å². The number of nitrogens with one attached hydrogen (secondary N) is 2. The molecule has 0 aliphatic rings. The number of benzene rings is 1. The number of aromatic amines is 1. The van der Waals surface area contributed by atoms with Crippen LogP contribution in [0.15, 0.2) is 29.1 Å². The van der Waals surface area contributed by atoms with E-state index in [0.29, 0.717) is 5.39 Å². The molecule has 2 aromatic rings. The van der Waals surface area contributed by atoms with Gasteiger partial charge in [-0.1, -0.05) is 19.1 Å². The molecular formula is C15H22N4O. The number of nitrogens with zero attached hydrogens (tertiary/aromatic N) is 2. The number of hydrogen-bond acceptors (Lipinski definition) is 4. The Kier molecular flexibility index (Phi) is 4.87. The minimum absolute atomic E-state index is 0.0709. The Labute approximate surface area is 119 Å². The van der Waals surface area contributed by atoms with Crippen LogP contribution in [0.25, 0.3) is 10.9 Å². The average Bonchev–Trinajstić information content (AvgIpc) is 2.43. The second-order valence-electron chi connectivity index (χ2n) is 5.19. The third kappa shape index (κ3) is 3.43. The van der Waals surface area contributed by atoms with Crippen molar-refractivity contribution in [1.82, 2.24) is 20.2 Å². The zero-order valence-corrected chi connectivity index (χ0v) is 12.3. The summed E-state index contributed by atoms with van der Waals surface area (Å²) in [4.78, 5) is 21.7. The fourth-order valence-corrected chi connectivity index (χ4v) is 2.17. The van der Waals surface area contributed by atoms with E-state index in [0.717, 1.165) is 30.9 Å². The summed E-state index contributed by atoms with van der Waals surface area (Å²) in [6, 6.07) is 7.50. The molecule has 0 aliphatic heterocycles. The molecule has 5 heteroatoms. The van der Waals surface area contributed by atoms with E-state index in [9.17, 15) is 4.79 Å². The van der Waals surface area contributed by atoms with Crippen LogP contribution in [0.4, 0.5) is 0 Å². The van der Waals surface area contributed by atoms with E-state index < -0.39 is 0 Å². The van der Waals surface area contributed by atoms with Gasteiger partial charge in [0.15, 0.2) is 0 Å². The minimum Gasteiger partial charge on any atom is -0.309 e. The van der Waals surface area contributed by atoms with Gasteiger partial charge in [0, 0.05) is 13.1 Å². The molecule has 0 bridgehead atoms. The van der Waals surface area contributed by atoms with Gasteiger partial charge >= 0.3 is 0 Å². The van der Waals surface area contributed by atoms with Crippen LogP contribution in [0.3, 0.4) is 0 Å². The molecular weight excluding hydrogens is 252 g/mol. The van der Waals surface area contributed by atoms with E-state index in [1.165, 1.54) is 0 Å². The molecule has 1 heterocycles. The van der Waals surface area contributed by atoms with E-state index >= 15 is 0 Å². The molecule has 0 spiro atoms. The maximum absolute atomic E-state index is 12.1. The van der Waals surface area contributed by atoms with Gasteiger partial charge in [-0.2, -0.15) is 0 Å². The molecule has 0 amide bonds. The van der Waals surface area contributed by atoms with Crippen LogP contribution in [0.1, 0.15) is 25.2 Å². The molecule has 0 radical (unpaired) electrons. The highest BCUT2D eigenvalue weighted by atomic mass is 16.1. The molecule has 0 fully saturated rings. The van der Waals surface area contributed by atoms with Crippen LogP contribution in [0.5, 0.6) is 0 Å². The third-order valence-corrected chi connectivity index (χ3v) is 3.32. The van der Waals surface area contributed by atoms with Gasteiger partial charge in [0.2, 0.25) is 0 Å². The molecule has 1 aromatic carbocycles. The first kappa shape index (κ1) is 14.7. The summed E-state index contributed by atoms with van der Waals surface area (Å²) < 4.78 is 0. The average molecular weight is 274 g/mol. The lowest BCUT2D eigenvalue weighted by molar-refractivity contribution is 0.378. The molecule has 0 saturated heterocycles. The lowest BCUT2D eigenvalue weighted by atomic mass is 10.2. The third-order valence-electron chi connectivity index (χ3n) is 3.32. The zero-order chi connectivity index (χ0) is 14.5. The summed E-state index contributed by atoms with van der Waals surface area (Å²) >= 11 is 0. The summed E-state index contributed by atoms with van der Waals surface area (Å²) in [7, 11) is 4.08. The fraction of sp³-hybridized carbons (Fsp3) is 0.467. The van der Waals surface area contributed by atoms with Crippen LogP contribution in [-0.2, 0) is 0 Å². The van der Waals surface area contributed by atoms with Crippen molar-refractivity contribution < 1.29 is 0 Å². The largest absolute Gasteiger partial charge is 0.309 e. The fourth-order valence-electron chi connectivity index (χ4n) is 2.17. The van der Waals surface area contributed by atoms with Crippen molar-refractivity contribution in [3.05, 3.63) is 40.4 Å². The lowest BCUT2D eigenvalue weighted by Crippen LogP contribution is -2.31. The Bertz CT molecular complexity index is 621. The summed E-state index contributed by atoms with van der Waals surface area (Å²) in [5.41, 5.74) is 0.678. The predicted molar refractivity (Wildman–Crippen MR) is 82.0 cm³/mol. The van der Waals surface area contributed by atoms with Crippen molar-refractivity contribution in [2.24, 2.45) is 0 Å². The molecule has 20 heavy (non-hydrogen) atoms. The van der Waals surface area contributed by atoms with Crippen molar-refractivity contribution in [3.8, 4) is 0 Å². The zero-order valence-electron chi connectivity index (χ0n) is 12.3. The van der Waals surface area contributed by atoms with Gasteiger partial charge in [-0.15, -0.1) is 0 Å². The minimum atomic E-state index is -0.0709. The highest BCUT2D eigenvalue weighted by Gasteiger charge is 2.13. The molecule has 1 atom stereocenters. The monoisotopic (exact) mass is 274 g/mol. The van der Waals surface area contributed by atoms with Crippen LogP contribution in [-0.4, -0.2) is 42.1 Å². The number of para-hydroxylation sites is 1. The molecule has 108 valence electrons. The lowest BCUT2D eigenvalue weighted by Gasteiger charge is -2.18. The maximum atomic E-state index is 12.1. The van der Waals surface area contributed by atoms with Crippen LogP contribution in [0, 0.1) is 0 Å². The quantitative estimate of drug-likeness (QED) is 0.838. The molecule has 5 nitrogen and oxygen atoms in total. The Hall–Kier alpha value is -1.72. The van der Waals surface area contributed by atoms with E-state index in [1.54, 1.807) is 6.07 Å². The van der Waals surface area contributed by atoms with Gasteiger partial charge in [-0.25, -0.2) is 4.98 Å².